The first-order chi connectivity index (χ1) is 8.97. The van der Waals surface area contributed by atoms with E-state index in [9.17, 15) is 14.0 Å². The van der Waals surface area contributed by atoms with Crippen LogP contribution in [0.3, 0.4) is 0 Å². The zero-order chi connectivity index (χ0) is 14.0. The summed E-state index contributed by atoms with van der Waals surface area (Å²) in [5.41, 5.74) is 0.271. The van der Waals surface area contributed by atoms with Crippen LogP contribution in [0.1, 0.15) is 37.0 Å². The van der Waals surface area contributed by atoms with Crippen molar-refractivity contribution < 1.29 is 18.7 Å². The van der Waals surface area contributed by atoms with Gasteiger partial charge in [-0.2, -0.15) is 0 Å². The molecule has 1 fully saturated rings. The maximum atomic E-state index is 13.2. The number of carbonyl (C=O) groups excluding carboxylic acids is 2. The van der Waals surface area contributed by atoms with Gasteiger partial charge in [-0.05, 0) is 38.8 Å². The van der Waals surface area contributed by atoms with Crippen molar-refractivity contribution >= 4 is 11.7 Å². The van der Waals surface area contributed by atoms with Gasteiger partial charge in [-0.1, -0.05) is 0 Å². The Balaban J connectivity index is 2.10. The molecule has 1 aliphatic rings. The molecule has 1 unspecified atom stereocenters. The minimum Gasteiger partial charge on any atom is -0.480 e. The molecule has 102 valence electrons. The van der Waals surface area contributed by atoms with Crippen LogP contribution in [0.25, 0.3) is 0 Å². The second-order valence-electron chi connectivity index (χ2n) is 4.74. The molecule has 19 heavy (non-hydrogen) atoms. The molecule has 1 atom stereocenters. The van der Waals surface area contributed by atoms with Crippen LogP contribution >= 0.6 is 0 Å². The van der Waals surface area contributed by atoms with Crippen LogP contribution < -0.4 is 10.1 Å². The van der Waals surface area contributed by atoms with Gasteiger partial charge in [0.1, 0.15) is 11.6 Å². The van der Waals surface area contributed by atoms with Crippen LogP contribution in [-0.4, -0.2) is 23.8 Å². The normalized spacial score (nSPS) is 15.7. The highest BCUT2D eigenvalue weighted by molar-refractivity contribution is 5.97. The van der Waals surface area contributed by atoms with Gasteiger partial charge in [-0.15, -0.1) is 0 Å². The predicted octanol–water partition coefficient (Wildman–Crippen LogP) is 2.07. The average Bonchev–Trinajstić information content (AvgIpc) is 3.12. The summed E-state index contributed by atoms with van der Waals surface area (Å²) in [6.45, 7) is 2.95. The fourth-order valence-corrected chi connectivity index (χ4v) is 1.67. The van der Waals surface area contributed by atoms with E-state index in [0.717, 1.165) is 18.9 Å². The Morgan fingerprint density at radius 1 is 1.42 bits per heavy atom. The molecule has 0 aliphatic heterocycles. The lowest BCUT2D eigenvalue weighted by Crippen LogP contribution is -2.37. The molecule has 1 amide bonds. The van der Waals surface area contributed by atoms with E-state index in [1.54, 1.807) is 6.92 Å². The molecular weight excluding hydrogens is 249 g/mol. The molecular formula is C14H16FNO3. The molecule has 0 saturated heterocycles. The quantitative estimate of drug-likeness (QED) is 0.829. The number of nitrogens with one attached hydrogen (secondary N) is 1. The minimum absolute atomic E-state index is 0.103. The highest BCUT2D eigenvalue weighted by Gasteiger charge is 2.26. The number of rotatable bonds is 5. The summed E-state index contributed by atoms with van der Waals surface area (Å²) in [5, 5.41) is 2.79. The van der Waals surface area contributed by atoms with E-state index in [0.29, 0.717) is 0 Å². The van der Waals surface area contributed by atoms with E-state index in [2.05, 4.69) is 5.32 Å². The molecule has 2 rings (SSSR count). The van der Waals surface area contributed by atoms with Gasteiger partial charge in [0.25, 0.3) is 5.91 Å². The van der Waals surface area contributed by atoms with Gasteiger partial charge < -0.3 is 10.1 Å². The fourth-order valence-electron chi connectivity index (χ4n) is 1.67. The first-order valence-corrected chi connectivity index (χ1v) is 6.25. The number of halogens is 1. The van der Waals surface area contributed by atoms with Crippen LogP contribution in [0.15, 0.2) is 18.2 Å². The van der Waals surface area contributed by atoms with Gasteiger partial charge >= 0.3 is 0 Å². The van der Waals surface area contributed by atoms with Crippen molar-refractivity contribution in [1.82, 2.24) is 5.32 Å². The van der Waals surface area contributed by atoms with Crippen molar-refractivity contribution in [2.24, 2.45) is 0 Å². The zero-order valence-electron chi connectivity index (χ0n) is 10.9. The number of ether oxygens (including phenoxy) is 1. The van der Waals surface area contributed by atoms with E-state index in [-0.39, 0.29) is 29.0 Å². The Hall–Kier alpha value is -1.91. The molecule has 1 aromatic rings. The van der Waals surface area contributed by atoms with E-state index >= 15 is 0 Å². The van der Waals surface area contributed by atoms with Gasteiger partial charge in [-0.25, -0.2) is 4.39 Å². The highest BCUT2D eigenvalue weighted by Crippen LogP contribution is 2.23. The van der Waals surface area contributed by atoms with E-state index in [1.807, 2.05) is 0 Å². The summed E-state index contributed by atoms with van der Waals surface area (Å²) in [4.78, 5) is 23.2. The Bertz CT molecular complexity index is 511. The van der Waals surface area contributed by atoms with Crippen LogP contribution in [0.4, 0.5) is 4.39 Å². The molecule has 1 N–H and O–H groups in total. The maximum absolute atomic E-state index is 13.2. The van der Waals surface area contributed by atoms with Crippen molar-refractivity contribution in [2.75, 3.05) is 0 Å². The smallest absolute Gasteiger partial charge is 0.260 e. The number of carbonyl (C=O) groups is 2. The Morgan fingerprint density at radius 2 is 2.11 bits per heavy atom. The lowest BCUT2D eigenvalue weighted by molar-refractivity contribution is -0.127. The molecule has 4 nitrogen and oxygen atoms in total. The average molecular weight is 265 g/mol. The summed E-state index contributed by atoms with van der Waals surface area (Å²) in [7, 11) is 0. The third-order valence-corrected chi connectivity index (χ3v) is 2.92. The van der Waals surface area contributed by atoms with Crippen molar-refractivity contribution in [1.29, 1.82) is 0 Å². The van der Waals surface area contributed by atoms with E-state index < -0.39 is 11.9 Å². The van der Waals surface area contributed by atoms with Crippen molar-refractivity contribution in [3.8, 4) is 5.75 Å². The summed E-state index contributed by atoms with van der Waals surface area (Å²) in [5.74, 6) is -0.883. The van der Waals surface area contributed by atoms with Crippen LogP contribution in [0.5, 0.6) is 5.75 Å². The Labute approximate surface area is 110 Å². The van der Waals surface area contributed by atoms with Crippen molar-refractivity contribution in [2.45, 2.75) is 38.8 Å². The largest absolute Gasteiger partial charge is 0.480 e. The van der Waals surface area contributed by atoms with Gasteiger partial charge in [0.2, 0.25) is 0 Å². The second kappa shape index (κ2) is 5.38. The van der Waals surface area contributed by atoms with Gasteiger partial charge in [0.05, 0.1) is 5.56 Å². The molecule has 0 spiro atoms. The third kappa shape index (κ3) is 3.53. The molecule has 1 saturated carbocycles. The Morgan fingerprint density at radius 3 is 2.68 bits per heavy atom. The number of amides is 1. The van der Waals surface area contributed by atoms with Crippen LogP contribution in [0.2, 0.25) is 0 Å². The lowest BCUT2D eigenvalue weighted by Gasteiger charge is -2.16. The lowest BCUT2D eigenvalue weighted by atomic mass is 10.1. The first-order valence-electron chi connectivity index (χ1n) is 6.25. The summed E-state index contributed by atoms with van der Waals surface area (Å²) in [6, 6.07) is 3.91. The monoisotopic (exact) mass is 265 g/mol. The van der Waals surface area contributed by atoms with Gasteiger partial charge in [0, 0.05) is 12.1 Å². The molecule has 0 heterocycles. The standard InChI is InChI=1S/C14H16FNO3/c1-8(17)12-6-3-10(15)7-13(12)19-9(2)14(18)16-11-4-5-11/h3,6-7,9,11H,4-5H2,1-2H3,(H,16,18). The molecule has 0 aromatic heterocycles. The van der Waals surface area contributed by atoms with E-state index in [4.69, 9.17) is 4.74 Å². The second-order valence-corrected chi connectivity index (χ2v) is 4.74. The topological polar surface area (TPSA) is 55.4 Å². The molecule has 5 heteroatoms. The van der Waals surface area contributed by atoms with Crippen molar-refractivity contribution in [3.63, 3.8) is 0 Å². The van der Waals surface area contributed by atoms with Gasteiger partial charge in [0.15, 0.2) is 11.9 Å². The SMILES string of the molecule is CC(=O)c1ccc(F)cc1OC(C)C(=O)NC1CC1. The minimum atomic E-state index is -0.763. The van der Waals surface area contributed by atoms with E-state index in [1.165, 1.54) is 19.1 Å². The van der Waals surface area contributed by atoms with Crippen LogP contribution in [-0.2, 0) is 4.79 Å². The summed E-state index contributed by atoms with van der Waals surface area (Å²) in [6.07, 6.45) is 1.20. The number of ketones is 1. The summed E-state index contributed by atoms with van der Waals surface area (Å²) >= 11 is 0. The predicted molar refractivity (Wildman–Crippen MR) is 67.7 cm³/mol. The fraction of sp³-hybridized carbons (Fsp3) is 0.429. The van der Waals surface area contributed by atoms with Gasteiger partial charge in [-0.3, -0.25) is 9.59 Å². The molecule has 1 aliphatic carbocycles. The highest BCUT2D eigenvalue weighted by atomic mass is 19.1. The number of hydrogen-bond acceptors (Lipinski definition) is 3. The number of Topliss-reactive ketones (excluding diaryl/α,β-unsaturated/α-hetero) is 1. The maximum Gasteiger partial charge on any atom is 0.260 e. The third-order valence-electron chi connectivity index (χ3n) is 2.92. The van der Waals surface area contributed by atoms with Crippen LogP contribution in [0, 0.1) is 5.82 Å². The number of hydrogen-bond donors (Lipinski definition) is 1. The van der Waals surface area contributed by atoms with Crippen molar-refractivity contribution in [3.05, 3.63) is 29.6 Å². The first kappa shape index (κ1) is 13.5. The molecule has 1 aromatic carbocycles. The zero-order valence-corrected chi connectivity index (χ0v) is 10.9. The number of benzene rings is 1. The summed E-state index contributed by atoms with van der Waals surface area (Å²) < 4.78 is 18.6. The Kier molecular flexibility index (Phi) is 3.83. The molecule has 0 radical (unpaired) electrons. The molecule has 0 bridgehead atoms.